The summed E-state index contributed by atoms with van der Waals surface area (Å²) in [6.45, 7) is 3.75. The fraction of sp³-hybridized carbons (Fsp3) is 0.389. The van der Waals surface area contributed by atoms with Crippen LogP contribution in [0.3, 0.4) is 0 Å². The van der Waals surface area contributed by atoms with Gasteiger partial charge in [0.15, 0.2) is 12.5 Å². The lowest BCUT2D eigenvalue weighted by Crippen LogP contribution is -2.57. The number of ether oxygens (including phenoxy) is 1. The zero-order valence-electron chi connectivity index (χ0n) is 15.4. The number of rotatable bonds is 6. The van der Waals surface area contributed by atoms with E-state index in [1.807, 2.05) is 6.92 Å². The molecule has 9 nitrogen and oxygen atoms in total. The molecule has 0 saturated carbocycles. The number of aliphatic imine (C=N–C) groups is 1. The van der Waals surface area contributed by atoms with Gasteiger partial charge in [-0.05, 0) is 26.0 Å². The number of nitrogens with zero attached hydrogens (tertiary/aromatic N) is 3. The average molecular weight is 373 g/mol. The van der Waals surface area contributed by atoms with Gasteiger partial charge in [-0.2, -0.15) is 9.48 Å². The number of nitrogens with one attached hydrogen (secondary N) is 1. The highest BCUT2D eigenvalue weighted by Crippen LogP contribution is 2.27. The summed E-state index contributed by atoms with van der Waals surface area (Å²) in [7, 11) is 1.52. The Kier molecular flexibility index (Phi) is 5.20. The molecule has 9 heteroatoms. The lowest BCUT2D eigenvalue weighted by Gasteiger charge is -2.29. The zero-order chi connectivity index (χ0) is 19.6. The van der Waals surface area contributed by atoms with Gasteiger partial charge in [0.05, 0.1) is 26.5 Å². The van der Waals surface area contributed by atoms with E-state index >= 15 is 0 Å². The van der Waals surface area contributed by atoms with E-state index < -0.39 is 30.3 Å². The molecule has 3 rings (SSSR count). The molecule has 142 valence electrons. The molecule has 2 aliphatic heterocycles. The maximum atomic E-state index is 13.0. The zero-order valence-corrected chi connectivity index (χ0v) is 15.4. The number of hydrogen-bond acceptors (Lipinski definition) is 6. The predicted octanol–water partition coefficient (Wildman–Crippen LogP) is 0.910. The van der Waals surface area contributed by atoms with Gasteiger partial charge in [-0.1, -0.05) is 0 Å². The van der Waals surface area contributed by atoms with Crippen molar-refractivity contribution in [3.8, 4) is 0 Å². The Morgan fingerprint density at radius 3 is 2.89 bits per heavy atom. The van der Waals surface area contributed by atoms with Crippen LogP contribution in [0.4, 0.5) is 4.79 Å². The fourth-order valence-corrected chi connectivity index (χ4v) is 2.97. The summed E-state index contributed by atoms with van der Waals surface area (Å²) in [5.74, 6) is -0.510. The monoisotopic (exact) mass is 373 g/mol. The summed E-state index contributed by atoms with van der Waals surface area (Å²) < 4.78 is 12.1. The average Bonchev–Trinajstić information content (AvgIpc) is 3.17. The molecule has 3 heterocycles. The number of imide groups is 1. The van der Waals surface area contributed by atoms with Crippen molar-refractivity contribution in [2.75, 3.05) is 20.2 Å². The van der Waals surface area contributed by atoms with Gasteiger partial charge in [-0.15, -0.1) is 4.99 Å². The Morgan fingerprint density at radius 1 is 1.44 bits per heavy atom. The molecule has 0 bridgehead atoms. The molecule has 1 unspecified atom stereocenters. The van der Waals surface area contributed by atoms with Gasteiger partial charge in [-0.3, -0.25) is 9.59 Å². The number of allylic oxidation sites excluding steroid dienone is 1. The van der Waals surface area contributed by atoms with Crippen LogP contribution in [-0.2, 0) is 20.9 Å². The molecule has 0 saturated heterocycles. The fourth-order valence-electron chi connectivity index (χ4n) is 2.97. The normalized spacial score (nSPS) is 19.5. The molecule has 0 aliphatic carbocycles. The van der Waals surface area contributed by atoms with Gasteiger partial charge in [-0.25, -0.2) is 4.79 Å². The van der Waals surface area contributed by atoms with Crippen molar-refractivity contribution in [3.63, 3.8) is 0 Å². The summed E-state index contributed by atoms with van der Waals surface area (Å²) in [4.78, 5) is 43.0. The van der Waals surface area contributed by atoms with Crippen LogP contribution >= 0.6 is 0 Å². The third-order valence-electron chi connectivity index (χ3n) is 4.32. The molecular weight excluding hydrogens is 352 g/mol. The van der Waals surface area contributed by atoms with Crippen molar-refractivity contribution in [1.82, 2.24) is 10.2 Å². The van der Waals surface area contributed by atoms with Crippen LogP contribution in [0.5, 0.6) is 0 Å². The van der Waals surface area contributed by atoms with Crippen LogP contribution in [0.2, 0.25) is 0 Å². The van der Waals surface area contributed by atoms with Gasteiger partial charge < -0.3 is 14.5 Å². The van der Waals surface area contributed by atoms with Crippen molar-refractivity contribution >= 4 is 29.9 Å². The topological polar surface area (TPSA) is 104 Å². The highest BCUT2D eigenvalue weighted by molar-refractivity contribution is 6.16. The molecule has 0 spiro atoms. The van der Waals surface area contributed by atoms with Crippen LogP contribution in [0.25, 0.3) is 0 Å². The molecule has 1 aromatic rings. The molecule has 2 aliphatic rings. The largest absolute Gasteiger partial charge is 0.496 e. The first-order valence-electron chi connectivity index (χ1n) is 8.56. The van der Waals surface area contributed by atoms with E-state index in [-0.39, 0.29) is 6.54 Å². The molecule has 0 fully saturated rings. The number of amides is 4. The standard InChI is InChI=1S/C18H20N4O5/c1-4-26-15-11(2)8-20-16-14(15)17(24)22(18(25)21(16)3)10-13(23)19-9-12-6-5-7-27-12/h5-8,14H,4,9-10H2,1-3H3/p+1. The predicted molar refractivity (Wildman–Crippen MR) is 95.2 cm³/mol. The van der Waals surface area contributed by atoms with Crippen molar-refractivity contribution in [1.29, 1.82) is 0 Å². The first-order valence-corrected chi connectivity index (χ1v) is 8.56. The summed E-state index contributed by atoms with van der Waals surface area (Å²) in [6.07, 6.45) is 3.07. The van der Waals surface area contributed by atoms with Crippen LogP contribution in [-0.4, -0.2) is 59.6 Å². The van der Waals surface area contributed by atoms with E-state index in [1.165, 1.54) is 17.9 Å². The smallest absolute Gasteiger partial charge is 0.446 e. The number of carbonyl (C=O) groups excluding carboxylic acids is 3. The van der Waals surface area contributed by atoms with Crippen LogP contribution in [0.15, 0.2) is 39.1 Å². The van der Waals surface area contributed by atoms with E-state index in [1.54, 1.807) is 25.3 Å². The number of urea groups is 1. The van der Waals surface area contributed by atoms with Gasteiger partial charge in [0.1, 0.15) is 17.7 Å². The minimum Gasteiger partial charge on any atom is -0.496 e. The second-order valence-corrected chi connectivity index (χ2v) is 6.15. The maximum absolute atomic E-state index is 13.0. The van der Waals surface area contributed by atoms with Crippen molar-refractivity contribution in [3.05, 3.63) is 35.5 Å². The highest BCUT2D eigenvalue weighted by Gasteiger charge is 2.50. The third-order valence-corrected chi connectivity index (χ3v) is 4.32. The summed E-state index contributed by atoms with van der Waals surface area (Å²) in [6, 6.07) is 2.82. The summed E-state index contributed by atoms with van der Waals surface area (Å²) in [5, 5.41) is 2.63. The third kappa shape index (κ3) is 3.53. The molecule has 4 amide bonds. The van der Waals surface area contributed by atoms with Crippen LogP contribution < -0.4 is 5.32 Å². The van der Waals surface area contributed by atoms with Gasteiger partial charge in [0, 0.05) is 5.57 Å². The minimum absolute atomic E-state index is 0.173. The van der Waals surface area contributed by atoms with Gasteiger partial charge >= 0.3 is 11.9 Å². The number of fused-ring (bicyclic) bond motifs is 1. The van der Waals surface area contributed by atoms with Crippen molar-refractivity contribution in [2.24, 2.45) is 10.9 Å². The van der Waals surface area contributed by atoms with Crippen molar-refractivity contribution in [2.45, 2.75) is 20.4 Å². The van der Waals surface area contributed by atoms with Gasteiger partial charge in [0.2, 0.25) is 0 Å². The van der Waals surface area contributed by atoms with E-state index in [0.29, 0.717) is 29.5 Å². The Labute approximate surface area is 156 Å². The van der Waals surface area contributed by atoms with Crippen LogP contribution in [0.1, 0.15) is 19.6 Å². The number of carbonyl (C=O) groups is 3. The molecule has 0 radical (unpaired) electrons. The van der Waals surface area contributed by atoms with E-state index in [0.717, 1.165) is 4.90 Å². The quantitative estimate of drug-likeness (QED) is 0.747. The maximum Gasteiger partial charge on any atom is 0.446 e. The number of dihydropyridines is 1. The van der Waals surface area contributed by atoms with Crippen molar-refractivity contribution < 1.29 is 28.1 Å². The van der Waals surface area contributed by atoms with E-state index in [4.69, 9.17) is 9.15 Å². The molecule has 1 atom stereocenters. The lowest BCUT2D eigenvalue weighted by atomic mass is 9.96. The minimum atomic E-state index is -0.837. The molecular formula is C18H21N4O5+. The number of furan rings is 1. The molecule has 1 aromatic heterocycles. The molecule has 27 heavy (non-hydrogen) atoms. The Morgan fingerprint density at radius 2 is 2.22 bits per heavy atom. The lowest BCUT2D eigenvalue weighted by molar-refractivity contribution is -0.408. The molecule has 1 N–H and O–H groups in total. The summed E-state index contributed by atoms with van der Waals surface area (Å²) >= 11 is 0. The number of hydrogen-bond donors (Lipinski definition) is 1. The summed E-state index contributed by atoms with van der Waals surface area (Å²) in [5.41, 5.74) is 0.712. The Hall–Kier alpha value is -3.23. The van der Waals surface area contributed by atoms with E-state index in [2.05, 4.69) is 10.3 Å². The highest BCUT2D eigenvalue weighted by atomic mass is 16.5. The second kappa shape index (κ2) is 7.56. The van der Waals surface area contributed by atoms with Gasteiger partial charge in [0.25, 0.3) is 11.7 Å². The number of amidine groups is 1. The Balaban J connectivity index is 1.80. The second-order valence-electron chi connectivity index (χ2n) is 6.15. The van der Waals surface area contributed by atoms with Crippen LogP contribution in [0, 0.1) is 5.92 Å². The van der Waals surface area contributed by atoms with E-state index in [9.17, 15) is 14.4 Å². The Bertz CT molecular complexity index is 866. The first-order chi connectivity index (χ1) is 12.9. The SMILES string of the molecule is CCOC1=C(C)C=NC2=[N+](C)C(=O)N(CC(=O)NCc3ccco3)C(=O)C12. The first kappa shape index (κ1) is 18.6. The molecule has 0 aromatic carbocycles.